The van der Waals surface area contributed by atoms with E-state index in [1.807, 2.05) is 4.90 Å². The molecular formula is C20H22N4O2. The fourth-order valence-corrected chi connectivity index (χ4v) is 3.81. The standard InChI is InChI=1S/C20H22N4O2/c1-13(19(26)24-8-6-20(4-5-20)7-9-24)22-18(25)17-11-15-3-2-14(12-21)10-16(15)23-17/h2-3,10-11,13,23H,4-9H2,1H3,(H,22,25)/t13-/m1/s1. The zero-order chi connectivity index (χ0) is 18.3. The first kappa shape index (κ1) is 16.6. The van der Waals surface area contributed by atoms with E-state index in [-0.39, 0.29) is 11.8 Å². The molecule has 2 aliphatic rings. The summed E-state index contributed by atoms with van der Waals surface area (Å²) >= 11 is 0. The normalized spacial score (nSPS) is 19.2. The number of rotatable bonds is 3. The summed E-state index contributed by atoms with van der Waals surface area (Å²) in [5, 5.41) is 12.6. The van der Waals surface area contributed by atoms with Crippen LogP contribution in [0.1, 0.15) is 48.7 Å². The van der Waals surface area contributed by atoms with Crippen molar-refractivity contribution in [2.45, 2.75) is 38.6 Å². The van der Waals surface area contributed by atoms with Crippen LogP contribution in [0.4, 0.5) is 0 Å². The summed E-state index contributed by atoms with van der Waals surface area (Å²) in [5.74, 6) is -0.326. The number of nitrogens with one attached hydrogen (secondary N) is 2. The molecule has 1 aliphatic carbocycles. The monoisotopic (exact) mass is 350 g/mol. The lowest BCUT2D eigenvalue weighted by Crippen LogP contribution is -2.49. The Labute approximate surface area is 152 Å². The van der Waals surface area contributed by atoms with Gasteiger partial charge in [0.1, 0.15) is 11.7 Å². The predicted octanol–water partition coefficient (Wildman–Crippen LogP) is 2.56. The number of aromatic nitrogens is 1. The summed E-state index contributed by atoms with van der Waals surface area (Å²) in [6.45, 7) is 3.32. The van der Waals surface area contributed by atoms with Crippen LogP contribution in [0.25, 0.3) is 10.9 Å². The van der Waals surface area contributed by atoms with Crippen LogP contribution in [0.3, 0.4) is 0 Å². The molecule has 0 radical (unpaired) electrons. The van der Waals surface area contributed by atoms with Crippen LogP contribution in [0, 0.1) is 16.7 Å². The van der Waals surface area contributed by atoms with E-state index in [2.05, 4.69) is 16.4 Å². The van der Waals surface area contributed by atoms with Crippen molar-refractivity contribution in [2.24, 2.45) is 5.41 Å². The summed E-state index contributed by atoms with van der Waals surface area (Å²) in [4.78, 5) is 30.0. The van der Waals surface area contributed by atoms with Gasteiger partial charge < -0.3 is 15.2 Å². The average Bonchev–Trinajstić information content (AvgIpc) is 3.26. The fourth-order valence-electron chi connectivity index (χ4n) is 3.81. The van der Waals surface area contributed by atoms with Gasteiger partial charge >= 0.3 is 0 Å². The number of carbonyl (C=O) groups is 2. The lowest BCUT2D eigenvalue weighted by atomic mass is 9.93. The van der Waals surface area contributed by atoms with Crippen molar-refractivity contribution in [3.05, 3.63) is 35.5 Å². The Balaban J connectivity index is 1.40. The number of fused-ring (bicyclic) bond motifs is 1. The van der Waals surface area contributed by atoms with Gasteiger partial charge in [-0.15, -0.1) is 0 Å². The molecule has 6 nitrogen and oxygen atoms in total. The van der Waals surface area contributed by atoms with Crippen molar-refractivity contribution < 1.29 is 9.59 Å². The average molecular weight is 350 g/mol. The largest absolute Gasteiger partial charge is 0.350 e. The Morgan fingerprint density at radius 1 is 1.23 bits per heavy atom. The van der Waals surface area contributed by atoms with E-state index in [1.165, 1.54) is 12.8 Å². The molecule has 2 aromatic rings. The van der Waals surface area contributed by atoms with Crippen LogP contribution in [0.5, 0.6) is 0 Å². The minimum Gasteiger partial charge on any atom is -0.350 e. The molecule has 1 saturated heterocycles. The molecule has 2 fully saturated rings. The summed E-state index contributed by atoms with van der Waals surface area (Å²) in [5.41, 5.74) is 2.19. The van der Waals surface area contributed by atoms with Crippen LogP contribution in [-0.2, 0) is 4.79 Å². The van der Waals surface area contributed by atoms with Gasteiger partial charge in [-0.3, -0.25) is 9.59 Å². The fraction of sp³-hybridized carbons (Fsp3) is 0.450. The summed E-state index contributed by atoms with van der Waals surface area (Å²) in [6.07, 6.45) is 4.77. The van der Waals surface area contributed by atoms with Crippen molar-refractivity contribution in [1.29, 1.82) is 5.26 Å². The third-order valence-corrected chi connectivity index (χ3v) is 5.81. The van der Waals surface area contributed by atoms with Crippen molar-refractivity contribution in [3.63, 3.8) is 0 Å². The molecular weight excluding hydrogens is 328 g/mol. The van der Waals surface area contributed by atoms with Crippen molar-refractivity contribution in [2.75, 3.05) is 13.1 Å². The number of aromatic amines is 1. The number of piperidine rings is 1. The zero-order valence-corrected chi connectivity index (χ0v) is 14.8. The van der Waals surface area contributed by atoms with Gasteiger partial charge in [0, 0.05) is 24.0 Å². The molecule has 26 heavy (non-hydrogen) atoms. The van der Waals surface area contributed by atoms with Crippen LogP contribution >= 0.6 is 0 Å². The third kappa shape index (κ3) is 3.05. The molecule has 1 saturated carbocycles. The topological polar surface area (TPSA) is 89.0 Å². The number of amides is 2. The first-order chi connectivity index (χ1) is 12.5. The van der Waals surface area contributed by atoms with Crippen molar-refractivity contribution in [3.8, 4) is 6.07 Å². The highest BCUT2D eigenvalue weighted by molar-refractivity contribution is 6.00. The number of nitrogens with zero attached hydrogens (tertiary/aromatic N) is 2. The number of nitriles is 1. The van der Waals surface area contributed by atoms with Crippen LogP contribution < -0.4 is 5.32 Å². The highest BCUT2D eigenvalue weighted by atomic mass is 16.2. The van der Waals surface area contributed by atoms with Crippen LogP contribution in [-0.4, -0.2) is 40.8 Å². The molecule has 1 aliphatic heterocycles. The van der Waals surface area contributed by atoms with Gasteiger partial charge in [-0.2, -0.15) is 5.26 Å². The number of benzene rings is 1. The van der Waals surface area contributed by atoms with Crippen molar-refractivity contribution >= 4 is 22.7 Å². The maximum atomic E-state index is 12.6. The molecule has 2 N–H and O–H groups in total. The summed E-state index contributed by atoms with van der Waals surface area (Å²) in [7, 11) is 0. The Morgan fingerprint density at radius 2 is 1.96 bits per heavy atom. The highest BCUT2D eigenvalue weighted by Gasteiger charge is 2.45. The van der Waals surface area contributed by atoms with E-state index in [4.69, 9.17) is 5.26 Å². The zero-order valence-electron chi connectivity index (χ0n) is 14.8. The Hall–Kier alpha value is -2.81. The van der Waals surface area contributed by atoms with E-state index >= 15 is 0 Å². The Kier molecular flexibility index (Phi) is 3.95. The van der Waals surface area contributed by atoms with Gasteiger partial charge in [0.15, 0.2) is 0 Å². The first-order valence-corrected chi connectivity index (χ1v) is 9.12. The quantitative estimate of drug-likeness (QED) is 0.891. The summed E-state index contributed by atoms with van der Waals surface area (Å²) in [6, 6.07) is 8.49. The van der Waals surface area contributed by atoms with E-state index in [0.29, 0.717) is 16.7 Å². The van der Waals surface area contributed by atoms with E-state index in [0.717, 1.165) is 36.8 Å². The summed E-state index contributed by atoms with van der Waals surface area (Å²) < 4.78 is 0. The van der Waals surface area contributed by atoms with Gasteiger partial charge in [0.25, 0.3) is 5.91 Å². The Morgan fingerprint density at radius 3 is 2.62 bits per heavy atom. The Bertz CT molecular complexity index is 910. The van der Waals surface area contributed by atoms with Crippen LogP contribution in [0.15, 0.2) is 24.3 Å². The smallest absolute Gasteiger partial charge is 0.268 e. The number of H-pyrrole nitrogens is 1. The second kappa shape index (κ2) is 6.17. The van der Waals surface area contributed by atoms with Gasteiger partial charge in [0.05, 0.1) is 11.6 Å². The maximum absolute atomic E-state index is 12.6. The molecule has 2 amide bonds. The van der Waals surface area contributed by atoms with Crippen molar-refractivity contribution in [1.82, 2.24) is 15.2 Å². The molecule has 134 valence electrons. The van der Waals surface area contributed by atoms with Crippen LogP contribution in [0.2, 0.25) is 0 Å². The molecule has 6 heteroatoms. The molecule has 1 spiro atoms. The lowest BCUT2D eigenvalue weighted by molar-refractivity contribution is -0.134. The number of likely N-dealkylation sites (tertiary alicyclic amines) is 1. The van der Waals surface area contributed by atoms with Gasteiger partial charge in [0.2, 0.25) is 5.91 Å². The second-order valence-electron chi connectivity index (χ2n) is 7.62. The van der Waals surface area contributed by atoms with E-state index in [9.17, 15) is 9.59 Å². The number of carbonyl (C=O) groups excluding carboxylic acids is 2. The number of hydrogen-bond acceptors (Lipinski definition) is 3. The molecule has 4 rings (SSSR count). The first-order valence-electron chi connectivity index (χ1n) is 9.12. The molecule has 0 unspecified atom stereocenters. The van der Waals surface area contributed by atoms with E-state index < -0.39 is 6.04 Å². The molecule has 1 atom stereocenters. The highest BCUT2D eigenvalue weighted by Crippen LogP contribution is 2.53. The SMILES string of the molecule is C[C@@H](NC(=O)c1cc2ccc(C#N)cc2[nH]1)C(=O)N1CCC2(CC1)CC2. The maximum Gasteiger partial charge on any atom is 0.268 e. The van der Waals surface area contributed by atoms with Gasteiger partial charge in [-0.05, 0) is 56.2 Å². The van der Waals surface area contributed by atoms with Gasteiger partial charge in [-0.1, -0.05) is 6.07 Å². The third-order valence-electron chi connectivity index (χ3n) is 5.81. The molecule has 2 heterocycles. The second-order valence-corrected chi connectivity index (χ2v) is 7.62. The minimum absolute atomic E-state index is 0.0169. The lowest BCUT2D eigenvalue weighted by Gasteiger charge is -2.33. The minimum atomic E-state index is -0.558. The van der Waals surface area contributed by atoms with E-state index in [1.54, 1.807) is 31.2 Å². The molecule has 1 aromatic carbocycles. The predicted molar refractivity (Wildman–Crippen MR) is 97.4 cm³/mol. The van der Waals surface area contributed by atoms with Gasteiger partial charge in [-0.25, -0.2) is 0 Å². The molecule has 0 bridgehead atoms. The number of hydrogen-bond donors (Lipinski definition) is 2. The molecule has 1 aromatic heterocycles.